The quantitative estimate of drug-likeness (QED) is 0.690. The molecule has 0 aromatic carbocycles. The predicted molar refractivity (Wildman–Crippen MR) is 51.3 cm³/mol. The molecule has 5 heteroatoms. The van der Waals surface area contributed by atoms with Crippen LogP contribution in [0.1, 0.15) is 10.5 Å². The van der Waals surface area contributed by atoms with Gasteiger partial charge in [-0.25, -0.2) is 9.97 Å². The van der Waals surface area contributed by atoms with Gasteiger partial charge >= 0.3 is 0 Å². The highest BCUT2D eigenvalue weighted by molar-refractivity contribution is 5.90. The molecule has 0 fully saturated rings. The molecular weight excluding hydrogens is 180 g/mol. The zero-order valence-corrected chi connectivity index (χ0v) is 7.42. The fraction of sp³-hybridized carbons (Fsp3) is 0. The molecule has 0 atom stereocenters. The highest BCUT2D eigenvalue weighted by Crippen LogP contribution is 1.85. The maximum atomic E-state index is 10.3. The van der Waals surface area contributed by atoms with Gasteiger partial charge in [0.05, 0.1) is 0 Å². The Hall–Kier alpha value is -2.17. The number of rotatable bonds is 1. The van der Waals surface area contributed by atoms with Crippen LogP contribution in [-0.4, -0.2) is 20.9 Å². The van der Waals surface area contributed by atoms with Gasteiger partial charge in [-0.1, -0.05) is 0 Å². The van der Waals surface area contributed by atoms with E-state index in [1.807, 2.05) is 24.5 Å². The smallest absolute Gasteiger partial charge is 0.267 e. The van der Waals surface area contributed by atoms with E-state index in [9.17, 15) is 4.79 Å². The summed E-state index contributed by atoms with van der Waals surface area (Å²) in [7, 11) is 0. The third kappa shape index (κ3) is 3.48. The molecule has 2 aromatic heterocycles. The van der Waals surface area contributed by atoms with Crippen LogP contribution in [0.25, 0.3) is 0 Å². The fourth-order valence-corrected chi connectivity index (χ4v) is 0.714. The molecule has 0 bridgehead atoms. The van der Waals surface area contributed by atoms with Crippen LogP contribution in [-0.2, 0) is 0 Å². The molecule has 0 spiro atoms. The molecule has 5 nitrogen and oxygen atoms in total. The van der Waals surface area contributed by atoms with Gasteiger partial charge in [0, 0.05) is 18.6 Å². The van der Waals surface area contributed by atoms with Crippen LogP contribution in [0.4, 0.5) is 0 Å². The predicted octanol–water partition coefficient (Wildman–Crippen LogP) is 0.590. The Balaban J connectivity index is 0.000000165. The Morgan fingerprint density at radius 2 is 2.07 bits per heavy atom. The van der Waals surface area contributed by atoms with Crippen LogP contribution in [0.2, 0.25) is 0 Å². The minimum absolute atomic E-state index is 0.241. The van der Waals surface area contributed by atoms with E-state index >= 15 is 0 Å². The van der Waals surface area contributed by atoms with E-state index in [4.69, 9.17) is 5.73 Å². The summed E-state index contributed by atoms with van der Waals surface area (Å²) in [5, 5.41) is 0. The number of H-pyrrole nitrogens is 1. The summed E-state index contributed by atoms with van der Waals surface area (Å²) in [4.78, 5) is 20.4. The van der Waals surface area contributed by atoms with Crippen molar-refractivity contribution in [1.82, 2.24) is 15.0 Å². The highest BCUT2D eigenvalue weighted by atomic mass is 16.1. The third-order valence-corrected chi connectivity index (χ3v) is 1.33. The first-order valence-electron chi connectivity index (χ1n) is 3.94. The highest BCUT2D eigenvalue weighted by Gasteiger charge is 1.96. The fourth-order valence-electron chi connectivity index (χ4n) is 0.714. The van der Waals surface area contributed by atoms with Crippen LogP contribution in [0.15, 0.2) is 43.1 Å². The zero-order chi connectivity index (χ0) is 10.2. The van der Waals surface area contributed by atoms with E-state index in [0.717, 1.165) is 0 Å². The van der Waals surface area contributed by atoms with Gasteiger partial charge in [0.15, 0.2) is 0 Å². The van der Waals surface area contributed by atoms with Gasteiger partial charge in [0.1, 0.15) is 12.0 Å². The van der Waals surface area contributed by atoms with Crippen LogP contribution in [0.5, 0.6) is 0 Å². The normalized spacial score (nSPS) is 8.57. The molecule has 2 rings (SSSR count). The summed E-state index contributed by atoms with van der Waals surface area (Å²) < 4.78 is 0. The van der Waals surface area contributed by atoms with Crippen LogP contribution in [0, 0.1) is 0 Å². The summed E-state index contributed by atoms with van der Waals surface area (Å²) in [6, 6.07) is 5.35. The van der Waals surface area contributed by atoms with E-state index in [-0.39, 0.29) is 5.69 Å². The minimum atomic E-state index is -0.530. The van der Waals surface area contributed by atoms with E-state index in [1.165, 1.54) is 18.6 Å². The lowest BCUT2D eigenvalue weighted by molar-refractivity contribution is 0.0995. The maximum Gasteiger partial charge on any atom is 0.267 e. The topological polar surface area (TPSA) is 84.7 Å². The second-order valence-electron chi connectivity index (χ2n) is 2.34. The van der Waals surface area contributed by atoms with E-state index in [0.29, 0.717) is 0 Å². The van der Waals surface area contributed by atoms with Gasteiger partial charge in [-0.05, 0) is 18.2 Å². The summed E-state index contributed by atoms with van der Waals surface area (Å²) in [6.45, 7) is 0. The van der Waals surface area contributed by atoms with Gasteiger partial charge in [-0.2, -0.15) is 0 Å². The number of nitrogens with one attached hydrogen (secondary N) is 1. The number of hydrogen-bond acceptors (Lipinski definition) is 3. The Labute approximate surface area is 81.0 Å². The van der Waals surface area contributed by atoms with Crippen molar-refractivity contribution in [3.63, 3.8) is 0 Å². The number of hydrogen-bond donors (Lipinski definition) is 2. The Kier molecular flexibility index (Phi) is 3.87. The van der Waals surface area contributed by atoms with E-state index in [2.05, 4.69) is 15.0 Å². The molecule has 0 aliphatic rings. The third-order valence-electron chi connectivity index (χ3n) is 1.33. The second kappa shape index (κ2) is 5.47. The van der Waals surface area contributed by atoms with Crippen molar-refractivity contribution < 1.29 is 4.79 Å². The van der Waals surface area contributed by atoms with Crippen LogP contribution in [0.3, 0.4) is 0 Å². The van der Waals surface area contributed by atoms with Crippen molar-refractivity contribution in [3.05, 3.63) is 48.8 Å². The van der Waals surface area contributed by atoms with Crippen LogP contribution >= 0.6 is 0 Å². The number of aromatic amines is 1. The summed E-state index contributed by atoms with van der Waals surface area (Å²) in [5.74, 6) is -0.530. The van der Waals surface area contributed by atoms with Gasteiger partial charge in [0.2, 0.25) is 0 Å². The lowest BCUT2D eigenvalue weighted by Gasteiger charge is -1.87. The van der Waals surface area contributed by atoms with Gasteiger partial charge in [-0.15, -0.1) is 0 Å². The zero-order valence-electron chi connectivity index (χ0n) is 7.42. The van der Waals surface area contributed by atoms with Crippen molar-refractivity contribution in [2.24, 2.45) is 5.73 Å². The lowest BCUT2D eigenvalue weighted by Crippen LogP contribution is -2.12. The molecule has 2 heterocycles. The molecule has 0 unspecified atom stereocenters. The van der Waals surface area contributed by atoms with Crippen molar-refractivity contribution in [2.45, 2.75) is 0 Å². The SMILES string of the molecule is NC(=O)c1ccncn1.c1cc[nH]c1. The molecular formula is C9H10N4O. The molecule has 0 saturated carbocycles. The lowest BCUT2D eigenvalue weighted by atomic mass is 10.4. The maximum absolute atomic E-state index is 10.3. The summed E-state index contributed by atoms with van der Waals surface area (Å²) in [5.41, 5.74) is 5.13. The van der Waals surface area contributed by atoms with Gasteiger partial charge < -0.3 is 10.7 Å². The van der Waals surface area contributed by atoms with Crippen molar-refractivity contribution in [2.75, 3.05) is 0 Å². The average molecular weight is 190 g/mol. The van der Waals surface area contributed by atoms with Crippen LogP contribution < -0.4 is 5.73 Å². The van der Waals surface area contributed by atoms with Crippen molar-refractivity contribution in [1.29, 1.82) is 0 Å². The first-order valence-corrected chi connectivity index (χ1v) is 3.94. The Morgan fingerprint density at radius 3 is 2.36 bits per heavy atom. The molecule has 0 saturated heterocycles. The number of amides is 1. The molecule has 1 amide bonds. The first-order chi connectivity index (χ1) is 6.80. The number of primary amides is 1. The van der Waals surface area contributed by atoms with E-state index < -0.39 is 5.91 Å². The minimum Gasteiger partial charge on any atom is -0.368 e. The molecule has 2 aromatic rings. The van der Waals surface area contributed by atoms with Crippen molar-refractivity contribution >= 4 is 5.91 Å². The first kappa shape index (κ1) is 9.91. The summed E-state index contributed by atoms with van der Waals surface area (Å²) in [6.07, 6.45) is 6.49. The second-order valence-corrected chi connectivity index (χ2v) is 2.34. The van der Waals surface area contributed by atoms with Gasteiger partial charge in [0.25, 0.3) is 5.91 Å². The van der Waals surface area contributed by atoms with E-state index in [1.54, 1.807) is 0 Å². The number of nitrogens with zero attached hydrogens (tertiary/aromatic N) is 2. The Bertz CT molecular complexity index is 340. The molecule has 0 radical (unpaired) electrons. The molecule has 72 valence electrons. The number of carbonyl (C=O) groups excluding carboxylic acids is 1. The van der Waals surface area contributed by atoms with Crippen molar-refractivity contribution in [3.8, 4) is 0 Å². The van der Waals surface area contributed by atoms with Gasteiger partial charge in [-0.3, -0.25) is 4.79 Å². The number of carbonyl (C=O) groups is 1. The largest absolute Gasteiger partial charge is 0.368 e. The molecule has 0 aliphatic heterocycles. The summed E-state index contributed by atoms with van der Waals surface area (Å²) >= 11 is 0. The molecule has 0 aliphatic carbocycles. The average Bonchev–Trinajstić information content (AvgIpc) is 2.77. The Morgan fingerprint density at radius 1 is 1.36 bits per heavy atom. The number of aromatic nitrogens is 3. The molecule has 3 N–H and O–H groups in total. The standard InChI is InChI=1S/C5H5N3O.C4H5N/c6-5(9)4-1-2-7-3-8-4;1-2-4-5-3-1/h1-3H,(H2,6,9);1-5H. The molecule has 14 heavy (non-hydrogen) atoms. The number of nitrogens with two attached hydrogens (primary N) is 1. The monoisotopic (exact) mass is 190 g/mol.